The van der Waals surface area contributed by atoms with Crippen LogP contribution in [-0.2, 0) is 6.42 Å². The first-order valence-corrected chi connectivity index (χ1v) is 6.13. The summed E-state index contributed by atoms with van der Waals surface area (Å²) in [7, 11) is 0. The molecule has 1 aromatic carbocycles. The maximum Gasteiger partial charge on any atom is 0.271 e. The third-order valence-electron chi connectivity index (χ3n) is 2.44. The highest BCUT2D eigenvalue weighted by Crippen LogP contribution is 2.23. The first kappa shape index (κ1) is 12.3. The van der Waals surface area contributed by atoms with Crippen LogP contribution in [0.15, 0.2) is 29.1 Å². The van der Waals surface area contributed by atoms with E-state index < -0.39 is 0 Å². The van der Waals surface area contributed by atoms with E-state index in [9.17, 15) is 4.79 Å². The monoisotopic (exact) mass is 270 g/mol. The van der Waals surface area contributed by atoms with Crippen molar-refractivity contribution in [2.45, 2.75) is 19.8 Å². The van der Waals surface area contributed by atoms with Gasteiger partial charge in [-0.1, -0.05) is 36.5 Å². The van der Waals surface area contributed by atoms with Crippen molar-refractivity contribution in [3.8, 4) is 5.69 Å². The molecule has 1 aromatic heterocycles. The van der Waals surface area contributed by atoms with E-state index in [1.54, 1.807) is 24.3 Å². The fourth-order valence-corrected chi connectivity index (χ4v) is 2.18. The minimum absolute atomic E-state index is 0.113. The number of hydrogen-bond donors (Lipinski definition) is 1. The number of benzene rings is 1. The predicted molar refractivity (Wildman–Crippen MR) is 70.4 cm³/mol. The average molecular weight is 271 g/mol. The van der Waals surface area contributed by atoms with Gasteiger partial charge >= 0.3 is 0 Å². The van der Waals surface area contributed by atoms with Crippen molar-refractivity contribution in [2.24, 2.45) is 0 Å². The maximum absolute atomic E-state index is 11.8. The van der Waals surface area contributed by atoms with Crippen molar-refractivity contribution in [1.82, 2.24) is 9.78 Å². The molecule has 0 fully saturated rings. The molecule has 17 heavy (non-hydrogen) atoms. The summed E-state index contributed by atoms with van der Waals surface area (Å²) in [6.45, 7) is 2.06. The summed E-state index contributed by atoms with van der Waals surface area (Å²) in [5.41, 5.74) is 1.41. The van der Waals surface area contributed by atoms with Gasteiger partial charge in [-0.15, -0.1) is 0 Å². The lowest BCUT2D eigenvalue weighted by atomic mass is 10.3. The van der Waals surface area contributed by atoms with Gasteiger partial charge in [0.1, 0.15) is 0 Å². The fourth-order valence-electron chi connectivity index (χ4n) is 1.68. The minimum Gasteiger partial charge on any atom is -0.295 e. The number of hydrogen-bond acceptors (Lipinski definition) is 1. The van der Waals surface area contributed by atoms with Crippen molar-refractivity contribution in [1.29, 1.82) is 0 Å². The van der Waals surface area contributed by atoms with Gasteiger partial charge < -0.3 is 0 Å². The Morgan fingerprint density at radius 1 is 1.29 bits per heavy atom. The van der Waals surface area contributed by atoms with Crippen LogP contribution in [-0.4, -0.2) is 9.78 Å². The van der Waals surface area contributed by atoms with E-state index in [1.165, 1.54) is 4.68 Å². The van der Waals surface area contributed by atoms with Gasteiger partial charge in [0.25, 0.3) is 5.56 Å². The molecule has 1 heterocycles. The molecule has 0 aliphatic rings. The van der Waals surface area contributed by atoms with Crippen LogP contribution in [0.1, 0.15) is 19.0 Å². The topological polar surface area (TPSA) is 37.8 Å². The second-order valence-electron chi connectivity index (χ2n) is 3.80. The Kier molecular flexibility index (Phi) is 3.60. The normalized spacial score (nSPS) is 10.8. The highest BCUT2D eigenvalue weighted by atomic mass is 35.5. The molecule has 1 N–H and O–H groups in total. The molecule has 0 unspecified atom stereocenters. The summed E-state index contributed by atoms with van der Waals surface area (Å²) in [4.78, 5) is 11.8. The molecule has 0 atom stereocenters. The molecule has 0 bridgehead atoms. The minimum atomic E-state index is -0.113. The smallest absolute Gasteiger partial charge is 0.271 e. The quantitative estimate of drug-likeness (QED) is 0.912. The van der Waals surface area contributed by atoms with Crippen LogP contribution in [0.5, 0.6) is 0 Å². The highest BCUT2D eigenvalue weighted by molar-refractivity contribution is 6.35. The lowest BCUT2D eigenvalue weighted by molar-refractivity contribution is 0.794. The van der Waals surface area contributed by atoms with Crippen LogP contribution < -0.4 is 5.56 Å². The van der Waals surface area contributed by atoms with Crippen LogP contribution in [0.2, 0.25) is 10.0 Å². The zero-order valence-corrected chi connectivity index (χ0v) is 10.8. The molecule has 0 amide bonds. The summed E-state index contributed by atoms with van der Waals surface area (Å²) < 4.78 is 1.43. The Morgan fingerprint density at radius 2 is 2.06 bits per heavy atom. The number of H-pyrrole nitrogens is 1. The molecule has 0 aliphatic heterocycles. The fraction of sp³-hybridized carbons (Fsp3) is 0.250. The van der Waals surface area contributed by atoms with E-state index >= 15 is 0 Å². The Labute approximate surface area is 109 Å². The van der Waals surface area contributed by atoms with Crippen molar-refractivity contribution >= 4 is 23.2 Å². The van der Waals surface area contributed by atoms with Gasteiger partial charge in [0.2, 0.25) is 0 Å². The van der Waals surface area contributed by atoms with Crippen LogP contribution in [0.3, 0.4) is 0 Å². The molecular weight excluding hydrogens is 259 g/mol. The van der Waals surface area contributed by atoms with E-state index in [-0.39, 0.29) is 5.56 Å². The summed E-state index contributed by atoms with van der Waals surface area (Å²) >= 11 is 11.9. The molecule has 0 spiro atoms. The van der Waals surface area contributed by atoms with E-state index in [1.807, 2.05) is 0 Å². The number of aryl methyl sites for hydroxylation is 1. The second-order valence-corrected chi connectivity index (χ2v) is 4.64. The van der Waals surface area contributed by atoms with Crippen molar-refractivity contribution in [2.75, 3.05) is 0 Å². The van der Waals surface area contributed by atoms with Crippen molar-refractivity contribution in [3.05, 3.63) is 50.4 Å². The predicted octanol–water partition coefficient (Wildman–Crippen LogP) is 3.42. The number of nitrogens with one attached hydrogen (secondary N) is 1. The number of aromatic amines is 1. The van der Waals surface area contributed by atoms with Gasteiger partial charge in [0.15, 0.2) is 0 Å². The van der Waals surface area contributed by atoms with Gasteiger partial charge in [-0.05, 0) is 24.6 Å². The van der Waals surface area contributed by atoms with Crippen LogP contribution in [0.25, 0.3) is 5.69 Å². The number of aromatic nitrogens is 2. The van der Waals surface area contributed by atoms with Crippen LogP contribution in [0, 0.1) is 0 Å². The average Bonchev–Trinajstić information content (AvgIpc) is 2.60. The molecule has 2 rings (SSSR count). The summed E-state index contributed by atoms with van der Waals surface area (Å²) in [5.74, 6) is 0. The van der Waals surface area contributed by atoms with Gasteiger partial charge in [0, 0.05) is 16.8 Å². The Balaban J connectivity index is 2.49. The lowest BCUT2D eigenvalue weighted by Gasteiger charge is -2.04. The van der Waals surface area contributed by atoms with Crippen molar-refractivity contribution in [3.63, 3.8) is 0 Å². The molecule has 0 aliphatic carbocycles. The summed E-state index contributed by atoms with van der Waals surface area (Å²) in [6.07, 6.45) is 1.82. The molecule has 0 saturated heterocycles. The maximum atomic E-state index is 11.8. The Hall–Kier alpha value is -1.19. The number of halogens is 2. The third-order valence-corrected chi connectivity index (χ3v) is 2.98. The van der Waals surface area contributed by atoms with E-state index in [2.05, 4.69) is 12.0 Å². The van der Waals surface area contributed by atoms with Gasteiger partial charge in [-0.2, -0.15) is 0 Å². The molecule has 90 valence electrons. The molecular formula is C12H12Cl2N2O. The third kappa shape index (κ3) is 2.56. The van der Waals surface area contributed by atoms with E-state index in [4.69, 9.17) is 23.2 Å². The van der Waals surface area contributed by atoms with Crippen LogP contribution in [0.4, 0.5) is 0 Å². The molecule has 0 saturated carbocycles. The van der Waals surface area contributed by atoms with Crippen molar-refractivity contribution < 1.29 is 0 Å². The number of nitrogens with zero attached hydrogens (tertiary/aromatic N) is 1. The zero-order chi connectivity index (χ0) is 12.4. The molecule has 0 radical (unpaired) electrons. The van der Waals surface area contributed by atoms with Gasteiger partial charge in [0.05, 0.1) is 10.7 Å². The largest absolute Gasteiger partial charge is 0.295 e. The molecule has 3 nitrogen and oxygen atoms in total. The lowest BCUT2D eigenvalue weighted by Crippen LogP contribution is -2.13. The zero-order valence-electron chi connectivity index (χ0n) is 9.34. The summed E-state index contributed by atoms with van der Waals surface area (Å²) in [6, 6.07) is 6.63. The molecule has 5 heteroatoms. The highest BCUT2D eigenvalue weighted by Gasteiger charge is 2.08. The SMILES string of the molecule is CCCc1cc(=O)n(-c2ccc(Cl)cc2Cl)[nH]1. The van der Waals surface area contributed by atoms with E-state index in [0.717, 1.165) is 18.5 Å². The van der Waals surface area contributed by atoms with Gasteiger partial charge in [-0.25, -0.2) is 4.68 Å². The summed E-state index contributed by atoms with van der Waals surface area (Å²) in [5, 5.41) is 4.03. The van der Waals surface area contributed by atoms with E-state index in [0.29, 0.717) is 15.7 Å². The molecule has 2 aromatic rings. The first-order valence-electron chi connectivity index (χ1n) is 5.38. The first-order chi connectivity index (χ1) is 8.11. The standard InChI is InChI=1S/C12H12Cl2N2O/c1-2-3-9-7-12(17)16(15-9)11-5-4-8(13)6-10(11)14/h4-7,15H,2-3H2,1H3. The van der Waals surface area contributed by atoms with Gasteiger partial charge in [-0.3, -0.25) is 9.89 Å². The Bertz CT molecular complexity index is 586. The second kappa shape index (κ2) is 4.98. The number of rotatable bonds is 3. The Morgan fingerprint density at radius 3 is 2.71 bits per heavy atom. The van der Waals surface area contributed by atoms with Crippen LogP contribution >= 0.6 is 23.2 Å².